The van der Waals surface area contributed by atoms with E-state index in [0.29, 0.717) is 18.1 Å². The van der Waals surface area contributed by atoms with Crippen molar-refractivity contribution in [3.63, 3.8) is 0 Å². The average molecular weight is 154 g/mol. The zero-order valence-corrected chi connectivity index (χ0v) is 7.92. The van der Waals surface area contributed by atoms with E-state index in [2.05, 4.69) is 33.8 Å². The highest BCUT2D eigenvalue weighted by Crippen LogP contribution is 2.22. The molecule has 11 heavy (non-hydrogen) atoms. The molecule has 0 unspecified atom stereocenters. The third kappa shape index (κ3) is 2.06. The lowest BCUT2D eigenvalue weighted by Gasteiger charge is -2.29. The first-order chi connectivity index (χ1) is 5.11. The number of hydrogen-bond donors (Lipinski definition) is 0. The van der Waals surface area contributed by atoms with E-state index in [9.17, 15) is 0 Å². The minimum absolute atomic E-state index is 0.330. The lowest BCUT2D eigenvalue weighted by molar-refractivity contribution is -0.0172. The van der Waals surface area contributed by atoms with E-state index in [-0.39, 0.29) is 0 Å². The predicted octanol–water partition coefficient (Wildman–Crippen LogP) is 2.77. The fourth-order valence-corrected chi connectivity index (χ4v) is 1.32. The van der Waals surface area contributed by atoms with E-state index in [0.717, 1.165) is 6.42 Å². The number of rotatable bonds is 1. The summed E-state index contributed by atoms with van der Waals surface area (Å²) >= 11 is 0. The van der Waals surface area contributed by atoms with Crippen LogP contribution in [-0.2, 0) is 4.74 Å². The topological polar surface area (TPSA) is 9.23 Å². The van der Waals surface area contributed by atoms with E-state index in [1.807, 2.05) is 0 Å². The molecule has 0 amide bonds. The highest BCUT2D eigenvalue weighted by molar-refractivity contribution is 5.07. The zero-order chi connectivity index (χ0) is 8.43. The Balaban J connectivity index is 2.55. The van der Waals surface area contributed by atoms with Crippen molar-refractivity contribution in [1.29, 1.82) is 0 Å². The smallest absolute Gasteiger partial charge is 0.0758 e. The summed E-state index contributed by atoms with van der Waals surface area (Å²) in [7, 11) is 0. The summed E-state index contributed by atoms with van der Waals surface area (Å²) in [5, 5.41) is 0. The minimum Gasteiger partial charge on any atom is -0.370 e. The molecule has 0 aromatic carbocycles. The molecule has 0 aliphatic carbocycles. The van der Waals surface area contributed by atoms with Crippen molar-refractivity contribution in [2.24, 2.45) is 5.92 Å². The highest BCUT2D eigenvalue weighted by Gasteiger charge is 2.20. The molecule has 0 N–H and O–H groups in total. The molecule has 1 nitrogen and oxygen atoms in total. The van der Waals surface area contributed by atoms with Crippen LogP contribution in [0.5, 0.6) is 0 Å². The molecular weight excluding hydrogens is 136 g/mol. The lowest BCUT2D eigenvalue weighted by Crippen LogP contribution is -2.28. The molecule has 2 atom stereocenters. The van der Waals surface area contributed by atoms with Crippen molar-refractivity contribution in [2.75, 3.05) is 0 Å². The van der Waals surface area contributed by atoms with Gasteiger partial charge in [-0.05, 0) is 31.8 Å². The normalized spacial score (nSPS) is 32.3. The van der Waals surface area contributed by atoms with Crippen molar-refractivity contribution in [3.8, 4) is 0 Å². The zero-order valence-electron chi connectivity index (χ0n) is 7.92. The van der Waals surface area contributed by atoms with E-state index in [4.69, 9.17) is 4.74 Å². The second kappa shape index (κ2) is 3.40. The third-order valence-electron chi connectivity index (χ3n) is 2.44. The average Bonchev–Trinajstić information content (AvgIpc) is 1.94. The van der Waals surface area contributed by atoms with Gasteiger partial charge in [0.05, 0.1) is 12.2 Å². The van der Waals surface area contributed by atoms with Crippen molar-refractivity contribution >= 4 is 0 Å². The monoisotopic (exact) mass is 154 g/mol. The molecule has 0 fully saturated rings. The molecular formula is C10H18O. The van der Waals surface area contributed by atoms with Gasteiger partial charge in [0.2, 0.25) is 0 Å². The van der Waals surface area contributed by atoms with E-state index in [1.165, 1.54) is 5.57 Å². The maximum Gasteiger partial charge on any atom is 0.0758 e. The fraction of sp³-hybridized carbons (Fsp3) is 0.800. The third-order valence-corrected chi connectivity index (χ3v) is 2.44. The lowest BCUT2D eigenvalue weighted by atomic mass is 9.98. The Morgan fingerprint density at radius 2 is 2.18 bits per heavy atom. The Morgan fingerprint density at radius 3 is 2.64 bits per heavy atom. The van der Waals surface area contributed by atoms with Crippen LogP contribution in [0.15, 0.2) is 11.6 Å². The Hall–Kier alpha value is -0.300. The number of ether oxygens (including phenoxy) is 1. The SMILES string of the molecule is CC1=CC[C@@H](C(C)C)O[C@@H]1C. The second-order valence-electron chi connectivity index (χ2n) is 3.74. The van der Waals surface area contributed by atoms with Crippen molar-refractivity contribution in [3.05, 3.63) is 11.6 Å². The van der Waals surface area contributed by atoms with Crippen molar-refractivity contribution in [2.45, 2.75) is 46.3 Å². The largest absolute Gasteiger partial charge is 0.370 e. The first-order valence-electron chi connectivity index (χ1n) is 4.43. The highest BCUT2D eigenvalue weighted by atomic mass is 16.5. The van der Waals surface area contributed by atoms with Crippen LogP contribution in [0.1, 0.15) is 34.1 Å². The summed E-state index contributed by atoms with van der Waals surface area (Å²) < 4.78 is 5.79. The van der Waals surface area contributed by atoms with E-state index >= 15 is 0 Å². The Labute approximate surface area is 69.4 Å². The Kier molecular flexibility index (Phi) is 2.72. The molecule has 0 aromatic heterocycles. The summed E-state index contributed by atoms with van der Waals surface area (Å²) in [6.07, 6.45) is 4.16. The molecule has 1 aliphatic rings. The molecule has 64 valence electrons. The van der Waals surface area contributed by atoms with Crippen LogP contribution in [0.2, 0.25) is 0 Å². The van der Waals surface area contributed by atoms with Crippen LogP contribution in [-0.4, -0.2) is 12.2 Å². The van der Waals surface area contributed by atoms with Gasteiger partial charge >= 0.3 is 0 Å². The summed E-state index contributed by atoms with van der Waals surface area (Å²) in [6, 6.07) is 0. The van der Waals surface area contributed by atoms with Gasteiger partial charge in [0.25, 0.3) is 0 Å². The van der Waals surface area contributed by atoms with Crippen LogP contribution < -0.4 is 0 Å². The Bertz CT molecular complexity index is 158. The predicted molar refractivity (Wildman–Crippen MR) is 47.5 cm³/mol. The summed E-state index contributed by atoms with van der Waals surface area (Å²) in [5.41, 5.74) is 1.38. The molecule has 0 saturated heterocycles. The fourth-order valence-electron chi connectivity index (χ4n) is 1.32. The summed E-state index contributed by atoms with van der Waals surface area (Å²) in [5.74, 6) is 0.641. The van der Waals surface area contributed by atoms with Gasteiger partial charge in [0.1, 0.15) is 0 Å². The maximum absolute atomic E-state index is 5.79. The molecule has 1 aliphatic heterocycles. The van der Waals surface area contributed by atoms with Crippen molar-refractivity contribution in [1.82, 2.24) is 0 Å². The molecule has 0 radical (unpaired) electrons. The minimum atomic E-state index is 0.330. The van der Waals surface area contributed by atoms with Gasteiger partial charge < -0.3 is 4.74 Å². The molecule has 1 heteroatoms. The van der Waals surface area contributed by atoms with Gasteiger partial charge in [0, 0.05) is 0 Å². The molecule has 0 spiro atoms. The molecule has 0 bridgehead atoms. The maximum atomic E-state index is 5.79. The van der Waals surface area contributed by atoms with Gasteiger partial charge in [0.15, 0.2) is 0 Å². The second-order valence-corrected chi connectivity index (χ2v) is 3.74. The quantitative estimate of drug-likeness (QED) is 0.528. The van der Waals surface area contributed by atoms with Gasteiger partial charge in [-0.1, -0.05) is 19.9 Å². The van der Waals surface area contributed by atoms with E-state index in [1.54, 1.807) is 0 Å². The summed E-state index contributed by atoms with van der Waals surface area (Å²) in [6.45, 7) is 8.69. The Morgan fingerprint density at radius 1 is 1.55 bits per heavy atom. The van der Waals surface area contributed by atoms with Crippen LogP contribution in [0.25, 0.3) is 0 Å². The molecule has 0 aromatic rings. The number of hydrogen-bond acceptors (Lipinski definition) is 1. The van der Waals surface area contributed by atoms with Crippen LogP contribution in [0, 0.1) is 5.92 Å². The van der Waals surface area contributed by atoms with E-state index < -0.39 is 0 Å². The first kappa shape index (κ1) is 8.79. The van der Waals surface area contributed by atoms with Gasteiger partial charge in [-0.2, -0.15) is 0 Å². The van der Waals surface area contributed by atoms with Crippen LogP contribution in [0.3, 0.4) is 0 Å². The summed E-state index contributed by atoms with van der Waals surface area (Å²) in [4.78, 5) is 0. The van der Waals surface area contributed by atoms with Crippen molar-refractivity contribution < 1.29 is 4.74 Å². The van der Waals surface area contributed by atoms with Gasteiger partial charge in [-0.15, -0.1) is 0 Å². The van der Waals surface area contributed by atoms with Gasteiger partial charge in [-0.3, -0.25) is 0 Å². The van der Waals surface area contributed by atoms with Gasteiger partial charge in [-0.25, -0.2) is 0 Å². The molecule has 0 saturated carbocycles. The standard InChI is InChI=1S/C10H18O/c1-7(2)10-6-5-8(3)9(4)11-10/h5,7,9-10H,6H2,1-4H3/t9-,10+/m1/s1. The molecule has 1 rings (SSSR count). The first-order valence-corrected chi connectivity index (χ1v) is 4.43. The van der Waals surface area contributed by atoms with Crippen LogP contribution in [0.4, 0.5) is 0 Å². The van der Waals surface area contributed by atoms with Crippen LogP contribution >= 0.6 is 0 Å². The molecule has 1 heterocycles.